The molecule has 4 rings (SSSR count). The molecule has 0 aliphatic heterocycles. The fourth-order valence-corrected chi connectivity index (χ4v) is 3.72. The Hall–Kier alpha value is -4.00. The van der Waals surface area contributed by atoms with E-state index in [4.69, 9.17) is 9.98 Å². The summed E-state index contributed by atoms with van der Waals surface area (Å²) in [7, 11) is 0. The van der Waals surface area contributed by atoms with Gasteiger partial charge in [0.2, 0.25) is 0 Å². The molecule has 0 fully saturated rings. The number of nitrogens with zero attached hydrogens (tertiary/aromatic N) is 2. The summed E-state index contributed by atoms with van der Waals surface area (Å²) in [6.45, 7) is 8.46. The standard InChI is InChI=1S/C30H34N4O2/c1-23(2)31-25-15-19-29(20-16-25)33(27-11-7-5-8-12-27)35-36-34(28-13-9-6-10-14-28)30-21-17-26(18-22-30)32-24(3)4/h5-24,31-32H,1-4H3. The van der Waals surface area contributed by atoms with E-state index < -0.39 is 0 Å². The highest BCUT2D eigenvalue weighted by molar-refractivity contribution is 5.64. The van der Waals surface area contributed by atoms with Gasteiger partial charge in [-0.2, -0.15) is 10.1 Å². The minimum atomic E-state index is 0.349. The van der Waals surface area contributed by atoms with Crippen LogP contribution < -0.4 is 20.8 Å². The number of nitrogens with one attached hydrogen (secondary N) is 2. The van der Waals surface area contributed by atoms with Crippen molar-refractivity contribution in [1.29, 1.82) is 0 Å². The molecule has 0 bridgehead atoms. The Morgan fingerprint density at radius 2 is 0.750 bits per heavy atom. The maximum Gasteiger partial charge on any atom is 0.0728 e. The minimum absolute atomic E-state index is 0.349. The van der Waals surface area contributed by atoms with Gasteiger partial charge in [0.1, 0.15) is 0 Å². The van der Waals surface area contributed by atoms with Gasteiger partial charge in [-0.3, -0.25) is 0 Å². The van der Waals surface area contributed by atoms with E-state index >= 15 is 0 Å². The molecule has 0 saturated heterocycles. The second kappa shape index (κ2) is 12.1. The number of hydrogen-bond donors (Lipinski definition) is 2. The average molecular weight is 483 g/mol. The Labute approximate surface area is 213 Å². The zero-order valence-electron chi connectivity index (χ0n) is 21.3. The molecule has 4 aromatic rings. The Morgan fingerprint density at radius 1 is 0.444 bits per heavy atom. The maximum atomic E-state index is 6.02. The van der Waals surface area contributed by atoms with E-state index in [2.05, 4.69) is 38.3 Å². The lowest BCUT2D eigenvalue weighted by molar-refractivity contribution is -0.297. The highest BCUT2D eigenvalue weighted by atomic mass is 17.3. The van der Waals surface area contributed by atoms with Gasteiger partial charge in [0.25, 0.3) is 0 Å². The molecular weight excluding hydrogens is 448 g/mol. The van der Waals surface area contributed by atoms with Crippen molar-refractivity contribution < 1.29 is 9.98 Å². The predicted molar refractivity (Wildman–Crippen MR) is 150 cm³/mol. The molecule has 4 aromatic carbocycles. The molecule has 0 aromatic heterocycles. The number of rotatable bonds is 11. The summed E-state index contributed by atoms with van der Waals surface area (Å²) in [6, 6.07) is 36.5. The summed E-state index contributed by atoms with van der Waals surface area (Å²) in [5.74, 6) is 0. The van der Waals surface area contributed by atoms with Crippen LogP contribution in [0.3, 0.4) is 0 Å². The topological polar surface area (TPSA) is 49.0 Å². The first-order chi connectivity index (χ1) is 17.5. The molecule has 2 N–H and O–H groups in total. The highest BCUT2D eigenvalue weighted by Gasteiger charge is 2.17. The van der Waals surface area contributed by atoms with Crippen LogP contribution in [0.25, 0.3) is 0 Å². The van der Waals surface area contributed by atoms with Crippen LogP contribution in [0.5, 0.6) is 0 Å². The zero-order valence-corrected chi connectivity index (χ0v) is 21.3. The van der Waals surface area contributed by atoms with Gasteiger partial charge in [-0.25, -0.2) is 0 Å². The van der Waals surface area contributed by atoms with Crippen LogP contribution in [-0.4, -0.2) is 12.1 Å². The molecule has 0 unspecified atom stereocenters. The van der Waals surface area contributed by atoms with Gasteiger partial charge in [0.15, 0.2) is 0 Å². The molecule has 0 saturated carbocycles. The summed E-state index contributed by atoms with van der Waals surface area (Å²) in [5.41, 5.74) is 5.44. The van der Waals surface area contributed by atoms with Gasteiger partial charge in [-0.15, -0.1) is 0 Å². The summed E-state index contributed by atoms with van der Waals surface area (Å²) in [5, 5.41) is 10.2. The van der Waals surface area contributed by atoms with Crippen molar-refractivity contribution >= 4 is 34.1 Å². The predicted octanol–water partition coefficient (Wildman–Crippen LogP) is 8.08. The molecule has 0 atom stereocenters. The van der Waals surface area contributed by atoms with Crippen LogP contribution in [0, 0.1) is 0 Å². The summed E-state index contributed by atoms with van der Waals surface area (Å²) < 4.78 is 0. The van der Waals surface area contributed by atoms with E-state index in [0.29, 0.717) is 12.1 Å². The lowest BCUT2D eigenvalue weighted by Crippen LogP contribution is -2.26. The summed E-state index contributed by atoms with van der Waals surface area (Å²) in [4.78, 5) is 12.0. The Bertz CT molecular complexity index is 1080. The molecule has 36 heavy (non-hydrogen) atoms. The van der Waals surface area contributed by atoms with Crippen molar-refractivity contribution in [3.8, 4) is 0 Å². The van der Waals surface area contributed by atoms with Crippen LogP contribution >= 0.6 is 0 Å². The van der Waals surface area contributed by atoms with Gasteiger partial charge >= 0.3 is 0 Å². The third-order valence-corrected chi connectivity index (χ3v) is 5.28. The van der Waals surface area contributed by atoms with Crippen molar-refractivity contribution in [2.45, 2.75) is 39.8 Å². The largest absolute Gasteiger partial charge is 0.383 e. The molecule has 6 nitrogen and oxygen atoms in total. The maximum absolute atomic E-state index is 6.02. The van der Waals surface area contributed by atoms with Gasteiger partial charge in [-0.05, 0) is 100 Å². The van der Waals surface area contributed by atoms with Crippen molar-refractivity contribution in [2.75, 3.05) is 20.8 Å². The number of hydrogen-bond acceptors (Lipinski definition) is 6. The smallest absolute Gasteiger partial charge is 0.0728 e. The van der Waals surface area contributed by atoms with Crippen LogP contribution in [0.2, 0.25) is 0 Å². The van der Waals surface area contributed by atoms with Gasteiger partial charge in [-0.1, -0.05) is 46.4 Å². The first kappa shape index (κ1) is 25.1. The number of para-hydroxylation sites is 2. The van der Waals surface area contributed by atoms with Crippen molar-refractivity contribution in [3.63, 3.8) is 0 Å². The third-order valence-electron chi connectivity index (χ3n) is 5.28. The van der Waals surface area contributed by atoms with Crippen LogP contribution in [0.4, 0.5) is 34.1 Å². The molecule has 0 heterocycles. The van der Waals surface area contributed by atoms with Gasteiger partial charge < -0.3 is 10.6 Å². The zero-order chi connectivity index (χ0) is 25.3. The van der Waals surface area contributed by atoms with E-state index in [9.17, 15) is 0 Å². The third kappa shape index (κ3) is 6.78. The average Bonchev–Trinajstić information content (AvgIpc) is 2.88. The number of anilines is 6. The normalized spacial score (nSPS) is 10.9. The second-order valence-electron chi connectivity index (χ2n) is 9.10. The molecule has 0 radical (unpaired) electrons. The highest BCUT2D eigenvalue weighted by Crippen LogP contribution is 2.31. The minimum Gasteiger partial charge on any atom is -0.383 e. The van der Waals surface area contributed by atoms with Crippen molar-refractivity contribution in [1.82, 2.24) is 0 Å². The Morgan fingerprint density at radius 3 is 1.06 bits per heavy atom. The number of benzene rings is 4. The molecular formula is C30H34N4O2. The fourth-order valence-electron chi connectivity index (χ4n) is 3.72. The second-order valence-corrected chi connectivity index (χ2v) is 9.10. The molecule has 186 valence electrons. The molecule has 0 spiro atoms. The monoisotopic (exact) mass is 482 g/mol. The van der Waals surface area contributed by atoms with E-state index in [0.717, 1.165) is 34.1 Å². The first-order valence-electron chi connectivity index (χ1n) is 12.3. The van der Waals surface area contributed by atoms with Crippen molar-refractivity contribution in [2.24, 2.45) is 0 Å². The SMILES string of the molecule is CC(C)Nc1ccc(N(OON(c2ccccc2)c2ccc(NC(C)C)cc2)c2ccccc2)cc1. The van der Waals surface area contributed by atoms with Crippen LogP contribution in [-0.2, 0) is 9.98 Å². The molecule has 0 amide bonds. The molecule has 6 heteroatoms. The lowest BCUT2D eigenvalue weighted by atomic mass is 10.2. The van der Waals surface area contributed by atoms with E-state index in [-0.39, 0.29) is 0 Å². The summed E-state index contributed by atoms with van der Waals surface area (Å²) >= 11 is 0. The lowest BCUT2D eigenvalue weighted by Gasteiger charge is -2.27. The van der Waals surface area contributed by atoms with Crippen LogP contribution in [0.1, 0.15) is 27.7 Å². The Kier molecular flexibility index (Phi) is 8.44. The summed E-state index contributed by atoms with van der Waals surface area (Å²) in [6.07, 6.45) is 0. The van der Waals surface area contributed by atoms with Gasteiger partial charge in [0, 0.05) is 23.5 Å². The quantitative estimate of drug-likeness (QED) is 0.166. The fraction of sp³-hybridized carbons (Fsp3) is 0.200. The van der Waals surface area contributed by atoms with E-state index in [1.807, 2.05) is 109 Å². The van der Waals surface area contributed by atoms with Gasteiger partial charge in [0.05, 0.1) is 22.7 Å². The molecule has 0 aliphatic rings. The van der Waals surface area contributed by atoms with E-state index in [1.165, 1.54) is 0 Å². The van der Waals surface area contributed by atoms with Crippen molar-refractivity contribution in [3.05, 3.63) is 109 Å². The van der Waals surface area contributed by atoms with E-state index in [1.54, 1.807) is 10.1 Å². The Balaban J connectivity index is 1.61. The van der Waals surface area contributed by atoms with Crippen LogP contribution in [0.15, 0.2) is 109 Å². The molecule has 0 aliphatic carbocycles. The first-order valence-corrected chi connectivity index (χ1v) is 12.3.